The Morgan fingerprint density at radius 3 is 1.86 bits per heavy atom. The van der Waals surface area contributed by atoms with Gasteiger partial charge in [0.25, 0.3) is 0 Å². The van der Waals surface area contributed by atoms with Crippen LogP contribution in [0, 0.1) is 0 Å². The fourth-order valence-corrected chi connectivity index (χ4v) is 8.01. The first-order chi connectivity index (χ1) is 25.2. The van der Waals surface area contributed by atoms with Crippen LogP contribution >= 0.6 is 0 Å². The summed E-state index contributed by atoms with van der Waals surface area (Å²) in [6, 6.07) is 52.7. The Kier molecular flexibility index (Phi) is 6.27. The van der Waals surface area contributed by atoms with E-state index in [1.165, 1.54) is 0 Å². The van der Waals surface area contributed by atoms with Gasteiger partial charge in [0, 0.05) is 37.9 Å². The van der Waals surface area contributed by atoms with E-state index in [0.29, 0.717) is 0 Å². The molecule has 1 aliphatic heterocycles. The number of rotatable bonds is 4. The summed E-state index contributed by atoms with van der Waals surface area (Å²) < 4.78 is 19.3. The molecule has 6 heteroatoms. The average Bonchev–Trinajstić information content (AvgIpc) is 3.88. The Balaban J connectivity index is 1.02. The molecule has 0 aliphatic carbocycles. The molecular weight excluding hydrogens is 631 g/mol. The van der Waals surface area contributed by atoms with Crippen molar-refractivity contribution in [3.63, 3.8) is 0 Å². The second-order valence-corrected chi connectivity index (χ2v) is 13.4. The van der Waals surface area contributed by atoms with Crippen molar-refractivity contribution in [2.75, 3.05) is 0 Å². The average molecular weight is 662 g/mol. The minimum atomic E-state index is -0.220. The van der Waals surface area contributed by atoms with Crippen LogP contribution in [0.25, 0.3) is 76.9 Å². The maximum absolute atomic E-state index is 6.81. The monoisotopic (exact) mass is 661 g/mol. The highest BCUT2D eigenvalue weighted by molar-refractivity contribution is 6.14. The molecule has 0 saturated carbocycles. The molecule has 3 unspecified atom stereocenters. The molecule has 1 aliphatic rings. The third-order valence-electron chi connectivity index (χ3n) is 10.4. The lowest BCUT2D eigenvalue weighted by atomic mass is 9.98. The first-order valence-electron chi connectivity index (χ1n) is 17.4. The molecule has 3 atom stereocenters. The number of para-hydroxylation sites is 3. The van der Waals surface area contributed by atoms with Crippen LogP contribution in [-0.4, -0.2) is 0 Å². The molecule has 6 nitrogen and oxygen atoms in total. The van der Waals surface area contributed by atoms with E-state index in [-0.39, 0.29) is 18.5 Å². The number of nitrogens with one attached hydrogen (secondary N) is 3. The quantitative estimate of drug-likeness (QED) is 0.174. The Hall–Kier alpha value is -6.18. The maximum Gasteiger partial charge on any atom is 0.141 e. The minimum Gasteiger partial charge on any atom is -0.456 e. The second kappa shape index (κ2) is 11.2. The van der Waals surface area contributed by atoms with Gasteiger partial charge in [-0.3, -0.25) is 16.0 Å². The second-order valence-electron chi connectivity index (χ2n) is 13.4. The third-order valence-corrected chi connectivity index (χ3v) is 10.4. The van der Waals surface area contributed by atoms with Crippen molar-refractivity contribution in [2.24, 2.45) is 0 Å². The lowest BCUT2D eigenvalue weighted by molar-refractivity contribution is 0.203. The molecule has 1 saturated heterocycles. The lowest BCUT2D eigenvalue weighted by Gasteiger charge is -2.39. The largest absolute Gasteiger partial charge is 0.456 e. The maximum atomic E-state index is 6.81. The number of hydrogen-bond acceptors (Lipinski definition) is 6. The van der Waals surface area contributed by atoms with E-state index in [1.54, 1.807) is 0 Å². The predicted octanol–water partition coefficient (Wildman–Crippen LogP) is 11.2. The first kappa shape index (κ1) is 28.6. The van der Waals surface area contributed by atoms with Crippen LogP contribution in [0.5, 0.6) is 0 Å². The topological polar surface area (TPSA) is 75.5 Å². The van der Waals surface area contributed by atoms with Crippen molar-refractivity contribution < 1.29 is 13.3 Å². The summed E-state index contributed by atoms with van der Waals surface area (Å²) in [6.07, 6.45) is -0.511. The van der Waals surface area contributed by atoms with Gasteiger partial charge in [-0.25, -0.2) is 0 Å². The van der Waals surface area contributed by atoms with Gasteiger partial charge in [0.1, 0.15) is 33.5 Å². The minimum absolute atomic E-state index is 0.120. The van der Waals surface area contributed by atoms with Crippen LogP contribution in [0.2, 0.25) is 0 Å². The zero-order chi connectivity index (χ0) is 33.5. The van der Waals surface area contributed by atoms with Gasteiger partial charge in [0.2, 0.25) is 0 Å². The van der Waals surface area contributed by atoms with Crippen LogP contribution in [0.4, 0.5) is 0 Å². The molecule has 1 fully saturated rings. The van der Waals surface area contributed by atoms with Crippen molar-refractivity contribution in [2.45, 2.75) is 18.5 Å². The molecule has 7 aromatic carbocycles. The van der Waals surface area contributed by atoms with Gasteiger partial charge in [-0.2, -0.15) is 0 Å². The summed E-state index contributed by atoms with van der Waals surface area (Å²) in [6.45, 7) is 0. The van der Waals surface area contributed by atoms with Crippen LogP contribution < -0.4 is 16.0 Å². The molecule has 0 bridgehead atoms. The normalized spacial score (nSPS) is 18.2. The standard InChI is InChI=1S/C45H31N3O3/c1-2-10-26(11-3-1)43-46-44(28-21-23-31-30-12-4-6-17-36(30)50-39(31)25-28)48-45(47-43)35-16-8-15-33-32-22-20-27(24-40(32)51-42(33)35)29-14-9-19-38-41(29)34-13-5-7-18-37(34)49-38/h1-25,43-48H. The highest BCUT2D eigenvalue weighted by Crippen LogP contribution is 2.41. The van der Waals surface area contributed by atoms with Gasteiger partial charge in [-0.1, -0.05) is 115 Å². The van der Waals surface area contributed by atoms with Gasteiger partial charge < -0.3 is 13.3 Å². The van der Waals surface area contributed by atoms with E-state index in [9.17, 15) is 0 Å². The van der Waals surface area contributed by atoms with Crippen LogP contribution in [-0.2, 0) is 0 Å². The molecule has 51 heavy (non-hydrogen) atoms. The van der Waals surface area contributed by atoms with E-state index in [0.717, 1.165) is 93.6 Å². The molecule has 0 radical (unpaired) electrons. The highest BCUT2D eigenvalue weighted by atomic mass is 16.3. The van der Waals surface area contributed by atoms with Gasteiger partial charge in [0.15, 0.2) is 0 Å². The molecule has 244 valence electrons. The van der Waals surface area contributed by atoms with Crippen molar-refractivity contribution >= 4 is 65.8 Å². The highest BCUT2D eigenvalue weighted by Gasteiger charge is 2.32. The molecular formula is C45H31N3O3. The van der Waals surface area contributed by atoms with E-state index in [1.807, 2.05) is 36.4 Å². The Labute approximate surface area is 292 Å². The predicted molar refractivity (Wildman–Crippen MR) is 204 cm³/mol. The SMILES string of the molecule is c1ccc(C2NC(c3ccc4c(c3)oc3ccccc34)NC(c3cccc4c3oc3cc(-c5cccc6oc7ccccc7c56)ccc34)N2)cc1. The fourth-order valence-electron chi connectivity index (χ4n) is 8.01. The van der Waals surface area contributed by atoms with E-state index in [2.05, 4.69) is 131 Å². The van der Waals surface area contributed by atoms with Gasteiger partial charge in [-0.15, -0.1) is 0 Å². The van der Waals surface area contributed by atoms with Crippen molar-refractivity contribution in [1.82, 2.24) is 16.0 Å². The van der Waals surface area contributed by atoms with Crippen molar-refractivity contribution in [3.8, 4) is 11.1 Å². The number of hydrogen-bond donors (Lipinski definition) is 3. The molecule has 0 spiro atoms. The molecule has 3 N–H and O–H groups in total. The smallest absolute Gasteiger partial charge is 0.141 e. The summed E-state index contributed by atoms with van der Waals surface area (Å²) in [4.78, 5) is 0. The Bertz CT molecular complexity index is 2940. The van der Waals surface area contributed by atoms with Crippen LogP contribution in [0.3, 0.4) is 0 Å². The van der Waals surface area contributed by atoms with Gasteiger partial charge in [0.05, 0.1) is 18.5 Å². The third kappa shape index (κ3) is 4.55. The zero-order valence-corrected chi connectivity index (χ0v) is 27.4. The Morgan fingerprint density at radius 1 is 0.373 bits per heavy atom. The first-order valence-corrected chi connectivity index (χ1v) is 17.4. The van der Waals surface area contributed by atoms with Gasteiger partial charge >= 0.3 is 0 Å². The summed E-state index contributed by atoms with van der Waals surface area (Å²) in [7, 11) is 0. The number of furan rings is 3. The Morgan fingerprint density at radius 2 is 0.980 bits per heavy atom. The van der Waals surface area contributed by atoms with Crippen molar-refractivity contribution in [3.05, 3.63) is 168 Å². The summed E-state index contributed by atoms with van der Waals surface area (Å²) in [5.41, 5.74) is 10.8. The van der Waals surface area contributed by atoms with E-state index < -0.39 is 0 Å². The van der Waals surface area contributed by atoms with Crippen LogP contribution in [0.15, 0.2) is 165 Å². The molecule has 3 aromatic heterocycles. The summed E-state index contributed by atoms with van der Waals surface area (Å²) in [5, 5.41) is 18.1. The van der Waals surface area contributed by atoms with E-state index in [4.69, 9.17) is 13.3 Å². The fraction of sp³-hybridized carbons (Fsp3) is 0.0667. The number of fused-ring (bicyclic) bond motifs is 9. The molecule has 0 amide bonds. The zero-order valence-electron chi connectivity index (χ0n) is 27.4. The molecule has 11 rings (SSSR count). The van der Waals surface area contributed by atoms with Crippen LogP contribution in [0.1, 0.15) is 35.2 Å². The van der Waals surface area contributed by atoms with Gasteiger partial charge in [-0.05, 0) is 58.7 Å². The molecule has 10 aromatic rings. The lowest BCUT2D eigenvalue weighted by Crippen LogP contribution is -2.54. The van der Waals surface area contributed by atoms with Crippen molar-refractivity contribution in [1.29, 1.82) is 0 Å². The summed E-state index contributed by atoms with van der Waals surface area (Å²) >= 11 is 0. The number of benzene rings is 7. The summed E-state index contributed by atoms with van der Waals surface area (Å²) in [5.74, 6) is 0. The molecule has 4 heterocycles. The van der Waals surface area contributed by atoms with E-state index >= 15 is 0 Å².